The third kappa shape index (κ3) is 17.5. The van der Waals surface area contributed by atoms with Gasteiger partial charge in [0.2, 0.25) is 0 Å². The van der Waals surface area contributed by atoms with Crippen molar-refractivity contribution in [2.75, 3.05) is 37.9 Å². The molecule has 0 N–H and O–H groups in total. The summed E-state index contributed by atoms with van der Waals surface area (Å²) in [5.41, 5.74) is -0.514. The number of rotatable bonds is 22. The normalized spacial score (nSPS) is 13.4. The predicted octanol–water partition coefficient (Wildman–Crippen LogP) is 5.24. The lowest BCUT2D eigenvalue weighted by molar-refractivity contribution is -0.163. The van der Waals surface area contributed by atoms with Crippen molar-refractivity contribution in [2.45, 2.75) is 90.1 Å². The summed E-state index contributed by atoms with van der Waals surface area (Å²) in [5, 5.41) is 0. The predicted molar refractivity (Wildman–Crippen MR) is 141 cm³/mol. The second-order valence-electron chi connectivity index (χ2n) is 7.33. The molecule has 0 heterocycles. The maximum Gasteiger partial charge on any atom is 0.142 e. The molecule has 29 heavy (non-hydrogen) atoms. The zero-order valence-electron chi connectivity index (χ0n) is 19.8. The van der Waals surface area contributed by atoms with Crippen LogP contribution in [-0.4, -0.2) is 67.8 Å². The Hall–Kier alpha value is 1.32. The zero-order chi connectivity index (χ0) is 21.8. The summed E-state index contributed by atoms with van der Waals surface area (Å²) < 4.78 is 23.3. The molecule has 0 bridgehead atoms. The standard InChI is InChI=1S/C20H46O4S3Si2/c1-7-21-19(5,22-8-2)28-17-13-11-15-25-27-26-16-12-14-18-29-20(6,23-9-3)24-10-4/h7-18,28-29H2,1-6H3. The number of hydrogen-bond acceptors (Lipinski definition) is 7. The summed E-state index contributed by atoms with van der Waals surface area (Å²) in [7, 11) is 5.31. The molecule has 0 aromatic heterocycles. The first-order valence-electron chi connectivity index (χ1n) is 11.4. The topological polar surface area (TPSA) is 36.9 Å². The van der Waals surface area contributed by atoms with E-state index >= 15 is 0 Å². The monoisotopic (exact) mass is 502 g/mol. The molecule has 0 amide bonds. The maximum absolute atomic E-state index is 5.83. The largest absolute Gasteiger partial charge is 0.355 e. The van der Waals surface area contributed by atoms with E-state index < -0.39 is 0 Å². The molecule has 0 unspecified atom stereocenters. The highest BCUT2D eigenvalue weighted by molar-refractivity contribution is 9.09. The van der Waals surface area contributed by atoms with Gasteiger partial charge in [-0.3, -0.25) is 0 Å². The molecule has 0 aliphatic carbocycles. The van der Waals surface area contributed by atoms with E-state index in [0.717, 1.165) is 26.4 Å². The molecule has 0 radical (unpaired) electrons. The lowest BCUT2D eigenvalue weighted by Gasteiger charge is -2.29. The lowest BCUT2D eigenvalue weighted by Crippen LogP contribution is -2.39. The fourth-order valence-electron chi connectivity index (χ4n) is 3.26. The van der Waals surface area contributed by atoms with Crippen molar-refractivity contribution in [3.63, 3.8) is 0 Å². The van der Waals surface area contributed by atoms with Crippen molar-refractivity contribution in [3.8, 4) is 0 Å². The van der Waals surface area contributed by atoms with E-state index in [1.165, 1.54) is 49.3 Å². The van der Waals surface area contributed by atoms with Gasteiger partial charge in [0.05, 0.1) is 19.0 Å². The molecule has 0 aromatic carbocycles. The molecule has 0 rings (SSSR count). The average Bonchev–Trinajstić information content (AvgIpc) is 2.66. The van der Waals surface area contributed by atoms with Gasteiger partial charge in [-0.25, -0.2) is 0 Å². The third-order valence-corrected chi connectivity index (χ3v) is 13.4. The first-order chi connectivity index (χ1) is 13.9. The molecule has 0 fully saturated rings. The second kappa shape index (κ2) is 20.0. The highest BCUT2D eigenvalue weighted by Gasteiger charge is 2.25. The van der Waals surface area contributed by atoms with Crippen LogP contribution in [0.5, 0.6) is 0 Å². The summed E-state index contributed by atoms with van der Waals surface area (Å²) in [6.07, 6.45) is 5.23. The van der Waals surface area contributed by atoms with Gasteiger partial charge < -0.3 is 18.9 Å². The highest BCUT2D eigenvalue weighted by Crippen LogP contribution is 2.35. The van der Waals surface area contributed by atoms with Gasteiger partial charge in [-0.05, 0) is 64.2 Å². The van der Waals surface area contributed by atoms with E-state index in [1.54, 1.807) is 0 Å². The SMILES string of the molecule is CCOC(C)(OCC)[SiH2]CCCCSSSCCCC[SiH2]C(C)(OCC)OCC. The Balaban J connectivity index is 3.51. The van der Waals surface area contributed by atoms with E-state index in [2.05, 4.69) is 41.5 Å². The molecule has 176 valence electrons. The van der Waals surface area contributed by atoms with Gasteiger partial charge in [0, 0.05) is 37.9 Å². The van der Waals surface area contributed by atoms with Gasteiger partial charge in [-0.2, -0.15) is 0 Å². The fraction of sp³-hybridized carbons (Fsp3) is 1.00. The van der Waals surface area contributed by atoms with Crippen LogP contribution in [-0.2, 0) is 18.9 Å². The van der Waals surface area contributed by atoms with E-state index in [0.29, 0.717) is 0 Å². The minimum absolute atomic E-state index is 0.257. The van der Waals surface area contributed by atoms with Crippen LogP contribution in [0.1, 0.15) is 67.2 Å². The Morgan fingerprint density at radius 1 is 0.586 bits per heavy atom. The van der Waals surface area contributed by atoms with E-state index in [4.69, 9.17) is 18.9 Å². The van der Waals surface area contributed by atoms with Crippen LogP contribution in [0.3, 0.4) is 0 Å². The molecule has 0 aliphatic heterocycles. The van der Waals surface area contributed by atoms with Gasteiger partial charge in [0.25, 0.3) is 0 Å². The summed E-state index contributed by atoms with van der Waals surface area (Å²) in [6, 6.07) is 2.61. The van der Waals surface area contributed by atoms with E-state index in [1.807, 2.05) is 31.4 Å². The third-order valence-electron chi connectivity index (χ3n) is 4.61. The molecular formula is C20H46O4S3Si2. The van der Waals surface area contributed by atoms with Crippen molar-refractivity contribution in [1.82, 2.24) is 0 Å². The van der Waals surface area contributed by atoms with Crippen LogP contribution >= 0.6 is 31.4 Å². The van der Waals surface area contributed by atoms with Gasteiger partial charge in [-0.1, -0.05) is 46.5 Å². The summed E-state index contributed by atoms with van der Waals surface area (Å²) >= 11 is 0. The minimum atomic E-state index is -0.347. The van der Waals surface area contributed by atoms with Gasteiger partial charge in [0.1, 0.15) is 10.8 Å². The molecule has 0 saturated carbocycles. The van der Waals surface area contributed by atoms with Crippen LogP contribution in [0.4, 0.5) is 0 Å². The Labute approximate surface area is 196 Å². The van der Waals surface area contributed by atoms with Crippen molar-refractivity contribution in [3.05, 3.63) is 0 Å². The molecule has 0 aliphatic rings. The van der Waals surface area contributed by atoms with Gasteiger partial charge >= 0.3 is 0 Å². The summed E-state index contributed by atoms with van der Waals surface area (Å²) in [4.78, 5) is 0. The lowest BCUT2D eigenvalue weighted by atomic mass is 10.4. The average molecular weight is 503 g/mol. The smallest absolute Gasteiger partial charge is 0.142 e. The first kappa shape index (κ1) is 30.3. The molecule has 0 aromatic rings. The molecule has 0 saturated heterocycles. The molecule has 9 heteroatoms. The molecular weight excluding hydrogens is 457 g/mol. The van der Waals surface area contributed by atoms with Crippen molar-refractivity contribution < 1.29 is 18.9 Å². The Morgan fingerprint density at radius 3 is 1.24 bits per heavy atom. The van der Waals surface area contributed by atoms with Gasteiger partial charge in [-0.15, -0.1) is 0 Å². The maximum atomic E-state index is 5.83. The highest BCUT2D eigenvalue weighted by atomic mass is 33.5. The fourth-order valence-corrected chi connectivity index (χ4v) is 11.2. The number of hydrogen-bond donors (Lipinski definition) is 0. The summed E-state index contributed by atoms with van der Waals surface area (Å²) in [6.45, 7) is 15.4. The molecule has 4 nitrogen and oxygen atoms in total. The van der Waals surface area contributed by atoms with Crippen LogP contribution in [0.15, 0.2) is 0 Å². The first-order valence-corrected chi connectivity index (χ1v) is 18.7. The zero-order valence-corrected chi connectivity index (χ0v) is 25.0. The van der Waals surface area contributed by atoms with Crippen LogP contribution in [0.25, 0.3) is 0 Å². The molecule has 0 spiro atoms. The Kier molecular flexibility index (Phi) is 20.9. The summed E-state index contributed by atoms with van der Waals surface area (Å²) in [5.74, 6) is 2.50. The van der Waals surface area contributed by atoms with E-state index in [-0.39, 0.29) is 29.9 Å². The number of unbranched alkanes of at least 4 members (excludes halogenated alkanes) is 2. The van der Waals surface area contributed by atoms with Crippen LogP contribution in [0.2, 0.25) is 12.1 Å². The second-order valence-corrected chi connectivity index (χ2v) is 16.8. The van der Waals surface area contributed by atoms with Crippen molar-refractivity contribution in [2.24, 2.45) is 0 Å². The Bertz CT molecular complexity index is 325. The molecule has 0 atom stereocenters. The quantitative estimate of drug-likeness (QED) is 0.0866. The minimum Gasteiger partial charge on any atom is -0.355 e. The van der Waals surface area contributed by atoms with Crippen LogP contribution in [0, 0.1) is 0 Å². The number of ether oxygens (including phenoxy) is 4. The van der Waals surface area contributed by atoms with Crippen molar-refractivity contribution in [1.29, 1.82) is 0 Å². The van der Waals surface area contributed by atoms with E-state index in [9.17, 15) is 0 Å². The van der Waals surface area contributed by atoms with Gasteiger partial charge in [0.15, 0.2) is 0 Å². The Morgan fingerprint density at radius 2 is 0.931 bits per heavy atom. The van der Waals surface area contributed by atoms with Crippen molar-refractivity contribution >= 4 is 50.5 Å². The van der Waals surface area contributed by atoms with Crippen LogP contribution < -0.4 is 0 Å².